The number of unbranched alkanes of at least 4 members (excludes halogenated alkanes) is 2. The van der Waals surface area contributed by atoms with Gasteiger partial charge in [0.15, 0.2) is 5.60 Å². The lowest BCUT2D eigenvalue weighted by Crippen LogP contribution is -2.44. The van der Waals surface area contributed by atoms with Crippen LogP contribution in [0.3, 0.4) is 0 Å². The number of fused-ring (bicyclic) bond motifs is 5. The monoisotopic (exact) mass is 456 g/mol. The first kappa shape index (κ1) is 22.4. The number of cyclic esters (lactones) is 1. The third-order valence-electron chi connectivity index (χ3n) is 7.05. The summed E-state index contributed by atoms with van der Waals surface area (Å²) in [4.78, 5) is 30.7. The SMILES string of the molecule is CCCCC#Cc1ccc2nc3c(c(CC)c2c1)Cn1c-3cc2c(c1=O)COC(=O)[C@]2(O)CC. The number of carbonyl (C=O) groups excluding carboxylic acids is 1. The molecule has 1 atom stereocenters. The number of aromatic nitrogens is 2. The lowest BCUT2D eigenvalue weighted by molar-refractivity contribution is -0.172. The Hall–Kier alpha value is -3.43. The van der Waals surface area contributed by atoms with Gasteiger partial charge >= 0.3 is 5.97 Å². The van der Waals surface area contributed by atoms with Crippen LogP contribution in [0.1, 0.15) is 74.3 Å². The highest BCUT2D eigenvalue weighted by molar-refractivity contribution is 5.90. The molecule has 6 heteroatoms. The Balaban J connectivity index is 1.69. The van der Waals surface area contributed by atoms with E-state index in [0.717, 1.165) is 59.0 Å². The van der Waals surface area contributed by atoms with Crippen molar-refractivity contribution in [3.05, 3.63) is 62.4 Å². The second-order valence-electron chi connectivity index (χ2n) is 9.01. The molecule has 2 aliphatic heterocycles. The first-order valence-electron chi connectivity index (χ1n) is 12.0. The van der Waals surface area contributed by atoms with Gasteiger partial charge in [-0.2, -0.15) is 0 Å². The van der Waals surface area contributed by atoms with Gasteiger partial charge in [-0.3, -0.25) is 4.79 Å². The maximum absolute atomic E-state index is 13.4. The molecule has 5 rings (SSSR count). The Morgan fingerprint density at radius 1 is 1.18 bits per heavy atom. The summed E-state index contributed by atoms with van der Waals surface area (Å²) in [5, 5.41) is 12.1. The van der Waals surface area contributed by atoms with E-state index in [1.165, 1.54) is 0 Å². The van der Waals surface area contributed by atoms with E-state index in [0.29, 0.717) is 23.4 Å². The third-order valence-corrected chi connectivity index (χ3v) is 7.05. The van der Waals surface area contributed by atoms with Crippen LogP contribution in [0.15, 0.2) is 29.1 Å². The molecule has 1 aromatic carbocycles. The summed E-state index contributed by atoms with van der Waals surface area (Å²) in [5.74, 6) is 5.80. The smallest absolute Gasteiger partial charge is 0.343 e. The van der Waals surface area contributed by atoms with Gasteiger partial charge in [0.2, 0.25) is 0 Å². The molecule has 174 valence electrons. The second kappa shape index (κ2) is 8.41. The van der Waals surface area contributed by atoms with Gasteiger partial charge < -0.3 is 14.4 Å². The highest BCUT2D eigenvalue weighted by Crippen LogP contribution is 2.40. The van der Waals surface area contributed by atoms with Gasteiger partial charge in [-0.15, -0.1) is 0 Å². The highest BCUT2D eigenvalue weighted by atomic mass is 16.6. The molecule has 0 saturated heterocycles. The first-order valence-corrected chi connectivity index (χ1v) is 12.0. The molecule has 1 N–H and O–H groups in total. The largest absolute Gasteiger partial charge is 0.458 e. The molecule has 2 aromatic heterocycles. The van der Waals surface area contributed by atoms with Gasteiger partial charge in [-0.1, -0.05) is 39.0 Å². The normalized spacial score (nSPS) is 18.1. The van der Waals surface area contributed by atoms with E-state index in [2.05, 4.69) is 31.8 Å². The Morgan fingerprint density at radius 3 is 2.74 bits per heavy atom. The Labute approximate surface area is 198 Å². The Morgan fingerprint density at radius 2 is 2.00 bits per heavy atom. The average molecular weight is 457 g/mol. The van der Waals surface area contributed by atoms with Crippen LogP contribution in [0.2, 0.25) is 0 Å². The summed E-state index contributed by atoms with van der Waals surface area (Å²) < 4.78 is 6.86. The molecule has 4 heterocycles. The molecular formula is C28H28N2O4. The number of carbonyl (C=O) groups is 1. The number of pyridine rings is 2. The van der Waals surface area contributed by atoms with Crippen molar-refractivity contribution in [1.82, 2.24) is 9.55 Å². The molecule has 0 bridgehead atoms. The van der Waals surface area contributed by atoms with E-state index in [9.17, 15) is 14.7 Å². The van der Waals surface area contributed by atoms with Crippen LogP contribution in [-0.4, -0.2) is 20.6 Å². The fraction of sp³-hybridized carbons (Fsp3) is 0.393. The number of aliphatic hydroxyl groups is 1. The fourth-order valence-corrected chi connectivity index (χ4v) is 5.07. The van der Waals surface area contributed by atoms with Crippen LogP contribution in [0.5, 0.6) is 0 Å². The number of ether oxygens (including phenoxy) is 1. The molecule has 3 aromatic rings. The van der Waals surface area contributed by atoms with Gasteiger partial charge in [-0.05, 0) is 49.1 Å². The van der Waals surface area contributed by atoms with Crippen molar-refractivity contribution in [2.24, 2.45) is 0 Å². The van der Waals surface area contributed by atoms with E-state index in [1.807, 2.05) is 12.1 Å². The summed E-state index contributed by atoms with van der Waals surface area (Å²) in [5.41, 5.74) is 3.98. The van der Waals surface area contributed by atoms with E-state index in [4.69, 9.17) is 9.72 Å². The van der Waals surface area contributed by atoms with Gasteiger partial charge in [0.25, 0.3) is 5.56 Å². The van der Waals surface area contributed by atoms with E-state index in [-0.39, 0.29) is 18.6 Å². The molecule has 0 radical (unpaired) electrons. The number of hydrogen-bond acceptors (Lipinski definition) is 5. The predicted octanol–water partition coefficient (Wildman–Crippen LogP) is 4.18. The van der Waals surface area contributed by atoms with Gasteiger partial charge in [0.05, 0.1) is 29.0 Å². The third kappa shape index (κ3) is 3.26. The van der Waals surface area contributed by atoms with Crippen LogP contribution in [0.25, 0.3) is 22.3 Å². The van der Waals surface area contributed by atoms with Crippen LogP contribution in [-0.2, 0) is 34.7 Å². The fourth-order valence-electron chi connectivity index (χ4n) is 5.07. The number of aryl methyl sites for hydroxylation is 1. The molecule has 6 nitrogen and oxygen atoms in total. The molecule has 0 aliphatic carbocycles. The minimum Gasteiger partial charge on any atom is -0.458 e. The van der Waals surface area contributed by atoms with E-state index in [1.54, 1.807) is 17.6 Å². The standard InChI is InChI=1S/C28H28N2O4/c1-4-7-8-9-10-17-11-12-23-19(13-17)18(5-2)20-15-30-24(25(20)29-23)14-22-21(26(30)31)16-34-27(32)28(22,33)6-3/h11-14,33H,4-8,15-16H2,1-3H3/t28-/m0/s1. The zero-order chi connectivity index (χ0) is 24.0. The summed E-state index contributed by atoms with van der Waals surface area (Å²) in [6, 6.07) is 7.83. The van der Waals surface area contributed by atoms with E-state index < -0.39 is 11.6 Å². The summed E-state index contributed by atoms with van der Waals surface area (Å²) in [7, 11) is 0. The number of nitrogens with zero attached hydrogens (tertiary/aromatic N) is 2. The van der Waals surface area contributed by atoms with Crippen molar-refractivity contribution < 1.29 is 14.6 Å². The van der Waals surface area contributed by atoms with Crippen molar-refractivity contribution in [2.45, 2.75) is 71.6 Å². The highest BCUT2D eigenvalue weighted by Gasteiger charge is 2.45. The van der Waals surface area contributed by atoms with E-state index >= 15 is 0 Å². The van der Waals surface area contributed by atoms with Gasteiger partial charge in [0.1, 0.15) is 6.61 Å². The topological polar surface area (TPSA) is 81.4 Å². The molecule has 0 spiro atoms. The number of esters is 1. The van der Waals surface area contributed by atoms with Crippen molar-refractivity contribution >= 4 is 16.9 Å². The zero-order valence-electron chi connectivity index (χ0n) is 19.8. The van der Waals surface area contributed by atoms with Crippen molar-refractivity contribution in [3.8, 4) is 23.2 Å². The summed E-state index contributed by atoms with van der Waals surface area (Å²) in [6.45, 7) is 6.26. The molecule has 34 heavy (non-hydrogen) atoms. The second-order valence-corrected chi connectivity index (χ2v) is 9.01. The Kier molecular flexibility index (Phi) is 5.53. The quantitative estimate of drug-likeness (QED) is 0.283. The molecular weight excluding hydrogens is 428 g/mol. The predicted molar refractivity (Wildman–Crippen MR) is 130 cm³/mol. The number of benzene rings is 1. The summed E-state index contributed by atoms with van der Waals surface area (Å²) in [6.07, 6.45) is 4.02. The van der Waals surface area contributed by atoms with Crippen molar-refractivity contribution in [2.75, 3.05) is 0 Å². The maximum Gasteiger partial charge on any atom is 0.343 e. The maximum atomic E-state index is 13.4. The molecule has 0 saturated carbocycles. The van der Waals surface area contributed by atoms with Crippen LogP contribution in [0.4, 0.5) is 0 Å². The molecule has 0 fully saturated rings. The van der Waals surface area contributed by atoms with Gasteiger partial charge in [0, 0.05) is 28.5 Å². The first-order chi connectivity index (χ1) is 16.4. The summed E-state index contributed by atoms with van der Waals surface area (Å²) >= 11 is 0. The molecule has 0 unspecified atom stereocenters. The zero-order valence-corrected chi connectivity index (χ0v) is 19.8. The average Bonchev–Trinajstić information content (AvgIpc) is 3.21. The number of hydrogen-bond donors (Lipinski definition) is 1. The van der Waals surface area contributed by atoms with Crippen LogP contribution in [0, 0.1) is 11.8 Å². The lowest BCUT2D eigenvalue weighted by atomic mass is 9.86. The molecule has 2 aliphatic rings. The number of rotatable bonds is 4. The lowest BCUT2D eigenvalue weighted by Gasteiger charge is -2.31. The minimum atomic E-state index is -1.82. The van der Waals surface area contributed by atoms with Gasteiger partial charge in [-0.25, -0.2) is 9.78 Å². The van der Waals surface area contributed by atoms with Crippen LogP contribution >= 0.6 is 0 Å². The minimum absolute atomic E-state index is 0.123. The molecule has 0 amide bonds. The van der Waals surface area contributed by atoms with Crippen LogP contribution < -0.4 is 5.56 Å². The van der Waals surface area contributed by atoms with Crippen molar-refractivity contribution in [3.63, 3.8) is 0 Å². The Bertz CT molecular complexity index is 1460. The van der Waals surface area contributed by atoms with Crippen molar-refractivity contribution in [1.29, 1.82) is 0 Å².